The van der Waals surface area contributed by atoms with Gasteiger partial charge in [-0.15, -0.1) is 11.3 Å². The van der Waals surface area contributed by atoms with Crippen molar-refractivity contribution in [2.45, 2.75) is 25.8 Å². The molecule has 18 heavy (non-hydrogen) atoms. The summed E-state index contributed by atoms with van der Waals surface area (Å²) in [6.45, 7) is 2.98. The first-order valence-corrected chi connectivity index (χ1v) is 8.93. The monoisotopic (exact) mass is 291 g/mol. The molecule has 1 aromatic rings. The minimum Gasteiger partial charge on any atom is -0.496 e. The average molecular weight is 291 g/mol. The van der Waals surface area contributed by atoms with Crippen LogP contribution in [0.15, 0.2) is 11.4 Å². The Labute approximate surface area is 113 Å². The zero-order chi connectivity index (χ0) is 13.6. The predicted molar refractivity (Wildman–Crippen MR) is 76.2 cm³/mol. The highest BCUT2D eigenvalue weighted by molar-refractivity contribution is 7.90. The van der Waals surface area contributed by atoms with Crippen LogP contribution in [0.5, 0.6) is 5.75 Å². The molecule has 1 atom stereocenters. The standard InChI is InChI=1S/C12H21NO3S2/c1-4-6-13-11(5-7-18(3,14)15)12-8-10(16-2)9-17-12/h8-9,11,13H,4-7H2,1-3H3. The fourth-order valence-corrected chi connectivity index (χ4v) is 3.25. The van der Waals surface area contributed by atoms with E-state index in [9.17, 15) is 8.42 Å². The summed E-state index contributed by atoms with van der Waals surface area (Å²) in [7, 11) is -1.28. The van der Waals surface area contributed by atoms with Crippen LogP contribution < -0.4 is 10.1 Å². The molecule has 4 nitrogen and oxygen atoms in total. The van der Waals surface area contributed by atoms with Crippen molar-refractivity contribution >= 4 is 21.2 Å². The molecule has 0 fully saturated rings. The van der Waals surface area contributed by atoms with Gasteiger partial charge in [0, 0.05) is 22.6 Å². The summed E-state index contributed by atoms with van der Waals surface area (Å²) in [6, 6.07) is 2.06. The highest BCUT2D eigenvalue weighted by Gasteiger charge is 2.16. The molecular weight excluding hydrogens is 270 g/mol. The molecule has 0 aliphatic carbocycles. The van der Waals surface area contributed by atoms with E-state index in [1.165, 1.54) is 6.26 Å². The molecule has 0 amide bonds. The number of sulfone groups is 1. The van der Waals surface area contributed by atoms with Crippen LogP contribution >= 0.6 is 11.3 Å². The molecular formula is C12H21NO3S2. The lowest BCUT2D eigenvalue weighted by atomic mass is 10.2. The van der Waals surface area contributed by atoms with Gasteiger partial charge in [-0.2, -0.15) is 0 Å². The second-order valence-corrected chi connectivity index (χ2v) is 7.52. The van der Waals surface area contributed by atoms with Crippen molar-refractivity contribution in [2.24, 2.45) is 0 Å². The van der Waals surface area contributed by atoms with Gasteiger partial charge >= 0.3 is 0 Å². The quantitative estimate of drug-likeness (QED) is 0.798. The van der Waals surface area contributed by atoms with Crippen molar-refractivity contribution in [1.29, 1.82) is 0 Å². The van der Waals surface area contributed by atoms with Crippen LogP contribution in [-0.4, -0.2) is 34.1 Å². The first kappa shape index (κ1) is 15.5. The zero-order valence-corrected chi connectivity index (χ0v) is 12.7. The van der Waals surface area contributed by atoms with E-state index >= 15 is 0 Å². The summed E-state index contributed by atoms with van der Waals surface area (Å²) in [5, 5.41) is 5.33. The van der Waals surface area contributed by atoms with Gasteiger partial charge in [0.25, 0.3) is 0 Å². The molecule has 104 valence electrons. The van der Waals surface area contributed by atoms with E-state index in [2.05, 4.69) is 12.2 Å². The molecule has 0 aliphatic heterocycles. The maximum Gasteiger partial charge on any atom is 0.147 e. The van der Waals surface area contributed by atoms with E-state index in [0.717, 1.165) is 23.6 Å². The van der Waals surface area contributed by atoms with Crippen LogP contribution in [0.3, 0.4) is 0 Å². The van der Waals surface area contributed by atoms with Crippen LogP contribution in [0, 0.1) is 0 Å². The molecule has 0 saturated heterocycles. The lowest BCUT2D eigenvalue weighted by Crippen LogP contribution is -2.23. The van der Waals surface area contributed by atoms with E-state index in [1.54, 1.807) is 18.4 Å². The van der Waals surface area contributed by atoms with Crippen LogP contribution in [-0.2, 0) is 9.84 Å². The molecule has 0 bridgehead atoms. The minimum absolute atomic E-state index is 0.0913. The van der Waals surface area contributed by atoms with E-state index in [0.29, 0.717) is 6.42 Å². The topological polar surface area (TPSA) is 55.4 Å². The van der Waals surface area contributed by atoms with Crippen LogP contribution in [0.2, 0.25) is 0 Å². The van der Waals surface area contributed by atoms with Crippen molar-refractivity contribution in [3.8, 4) is 5.75 Å². The van der Waals surface area contributed by atoms with Gasteiger partial charge in [-0.25, -0.2) is 8.42 Å². The molecule has 0 saturated carbocycles. The van der Waals surface area contributed by atoms with Gasteiger partial charge in [0.2, 0.25) is 0 Å². The Morgan fingerprint density at radius 2 is 2.22 bits per heavy atom. The van der Waals surface area contributed by atoms with Gasteiger partial charge in [-0.05, 0) is 25.5 Å². The highest BCUT2D eigenvalue weighted by Crippen LogP contribution is 2.28. The van der Waals surface area contributed by atoms with Crippen molar-refractivity contribution in [2.75, 3.05) is 25.7 Å². The van der Waals surface area contributed by atoms with Crippen molar-refractivity contribution < 1.29 is 13.2 Å². The van der Waals surface area contributed by atoms with Crippen molar-refractivity contribution in [3.63, 3.8) is 0 Å². The van der Waals surface area contributed by atoms with E-state index < -0.39 is 9.84 Å². The summed E-state index contributed by atoms with van der Waals surface area (Å²) < 4.78 is 27.7. The second-order valence-electron chi connectivity index (χ2n) is 4.31. The molecule has 1 heterocycles. The molecule has 0 aliphatic rings. The summed E-state index contributed by atoms with van der Waals surface area (Å²) in [6.07, 6.45) is 2.90. The molecule has 1 rings (SSSR count). The minimum atomic E-state index is -2.92. The Balaban J connectivity index is 2.70. The van der Waals surface area contributed by atoms with Gasteiger partial charge < -0.3 is 10.1 Å². The number of ether oxygens (including phenoxy) is 1. The van der Waals surface area contributed by atoms with E-state index in [4.69, 9.17) is 4.74 Å². The fourth-order valence-electron chi connectivity index (χ4n) is 1.62. The maximum absolute atomic E-state index is 11.3. The number of nitrogens with one attached hydrogen (secondary N) is 1. The maximum atomic E-state index is 11.3. The fraction of sp³-hybridized carbons (Fsp3) is 0.667. The van der Waals surface area contributed by atoms with Crippen molar-refractivity contribution in [1.82, 2.24) is 5.32 Å². The number of methoxy groups -OCH3 is 1. The Morgan fingerprint density at radius 3 is 2.72 bits per heavy atom. The zero-order valence-electron chi connectivity index (χ0n) is 11.1. The lowest BCUT2D eigenvalue weighted by Gasteiger charge is -2.16. The second kappa shape index (κ2) is 7.11. The number of hydrogen-bond acceptors (Lipinski definition) is 5. The number of thiophene rings is 1. The third-order valence-corrected chi connectivity index (χ3v) is 4.59. The van der Waals surface area contributed by atoms with E-state index in [1.807, 2.05) is 11.4 Å². The largest absolute Gasteiger partial charge is 0.496 e. The Hall–Kier alpha value is -0.590. The molecule has 0 spiro atoms. The third-order valence-electron chi connectivity index (χ3n) is 2.59. The van der Waals surface area contributed by atoms with Gasteiger partial charge in [0.1, 0.15) is 15.6 Å². The van der Waals surface area contributed by atoms with Gasteiger partial charge in [0.15, 0.2) is 0 Å². The Bertz CT molecular complexity index is 454. The summed E-state index contributed by atoms with van der Waals surface area (Å²) >= 11 is 1.60. The summed E-state index contributed by atoms with van der Waals surface area (Å²) in [5.41, 5.74) is 0. The van der Waals surface area contributed by atoms with Gasteiger partial charge in [-0.1, -0.05) is 6.92 Å². The van der Waals surface area contributed by atoms with Gasteiger partial charge in [-0.3, -0.25) is 0 Å². The van der Waals surface area contributed by atoms with E-state index in [-0.39, 0.29) is 11.8 Å². The summed E-state index contributed by atoms with van der Waals surface area (Å²) in [4.78, 5) is 1.13. The molecule has 1 N–H and O–H groups in total. The first-order valence-electron chi connectivity index (χ1n) is 5.99. The average Bonchev–Trinajstić information content (AvgIpc) is 2.76. The number of rotatable bonds is 8. The van der Waals surface area contributed by atoms with Crippen LogP contribution in [0.1, 0.15) is 30.7 Å². The smallest absolute Gasteiger partial charge is 0.147 e. The number of hydrogen-bond donors (Lipinski definition) is 1. The first-order chi connectivity index (χ1) is 8.46. The van der Waals surface area contributed by atoms with Crippen LogP contribution in [0.25, 0.3) is 0 Å². The molecule has 0 aromatic carbocycles. The SMILES string of the molecule is CCCNC(CCS(C)(=O)=O)c1cc(OC)cs1. The lowest BCUT2D eigenvalue weighted by molar-refractivity contribution is 0.415. The third kappa shape index (κ3) is 5.37. The predicted octanol–water partition coefficient (Wildman–Crippen LogP) is 2.23. The van der Waals surface area contributed by atoms with Gasteiger partial charge in [0.05, 0.1) is 12.9 Å². The Kier molecular flexibility index (Phi) is 6.11. The normalized spacial score (nSPS) is 13.5. The highest BCUT2D eigenvalue weighted by atomic mass is 32.2. The molecule has 6 heteroatoms. The Morgan fingerprint density at radius 1 is 1.50 bits per heavy atom. The molecule has 1 unspecified atom stereocenters. The summed E-state index contributed by atoms with van der Waals surface area (Å²) in [5.74, 6) is 1.03. The van der Waals surface area contributed by atoms with Crippen LogP contribution in [0.4, 0.5) is 0 Å². The molecule has 1 aromatic heterocycles. The molecule has 0 radical (unpaired) electrons. The van der Waals surface area contributed by atoms with Crippen molar-refractivity contribution in [3.05, 3.63) is 16.3 Å².